The summed E-state index contributed by atoms with van der Waals surface area (Å²) in [6.07, 6.45) is 0. The van der Waals surface area contributed by atoms with Gasteiger partial charge < -0.3 is 19.4 Å². The maximum atomic E-state index is 14.0. The lowest BCUT2D eigenvalue weighted by Crippen LogP contribution is -2.49. The van der Waals surface area contributed by atoms with Gasteiger partial charge in [0.1, 0.15) is 17.5 Å². The van der Waals surface area contributed by atoms with Gasteiger partial charge in [0.2, 0.25) is 10.0 Å². The van der Waals surface area contributed by atoms with Crippen molar-refractivity contribution in [1.29, 1.82) is 0 Å². The first-order valence-electron chi connectivity index (χ1n) is 10.7. The number of ether oxygens (including phenoxy) is 1. The second-order valence-corrected chi connectivity index (χ2v) is 10.0. The molecule has 4 rings (SSSR count). The SMILES string of the molecule is COc1ccc(S(=O)(=O)N2CCN(c3cc(N4CCN(C)CC4)nc(C)n3)CC2)cc1F. The van der Waals surface area contributed by atoms with Crippen LogP contribution < -0.4 is 14.5 Å². The molecule has 2 saturated heterocycles. The van der Waals surface area contributed by atoms with Crippen LogP contribution in [0.15, 0.2) is 29.2 Å². The number of aromatic nitrogens is 2. The van der Waals surface area contributed by atoms with Gasteiger partial charge in [-0.3, -0.25) is 0 Å². The maximum Gasteiger partial charge on any atom is 0.243 e. The number of benzene rings is 1. The van der Waals surface area contributed by atoms with E-state index in [2.05, 4.69) is 31.7 Å². The predicted molar refractivity (Wildman–Crippen MR) is 120 cm³/mol. The number of piperazine rings is 2. The summed E-state index contributed by atoms with van der Waals surface area (Å²) in [7, 11) is -0.332. The van der Waals surface area contributed by atoms with Crippen LogP contribution in [0.3, 0.4) is 0 Å². The molecule has 1 aromatic heterocycles. The molecule has 11 heteroatoms. The molecule has 0 saturated carbocycles. The molecule has 0 amide bonds. The number of halogens is 1. The fourth-order valence-electron chi connectivity index (χ4n) is 4.01. The molecular formula is C21H29FN6O3S. The Kier molecular flexibility index (Phi) is 6.50. The molecule has 9 nitrogen and oxygen atoms in total. The third kappa shape index (κ3) is 4.64. The van der Waals surface area contributed by atoms with Crippen LogP contribution in [-0.2, 0) is 10.0 Å². The first-order chi connectivity index (χ1) is 15.3. The number of hydrogen-bond acceptors (Lipinski definition) is 8. The largest absolute Gasteiger partial charge is 0.494 e. The smallest absolute Gasteiger partial charge is 0.243 e. The van der Waals surface area contributed by atoms with Crippen molar-refractivity contribution in [1.82, 2.24) is 19.2 Å². The van der Waals surface area contributed by atoms with Gasteiger partial charge in [-0.2, -0.15) is 4.31 Å². The Morgan fingerprint density at radius 2 is 1.47 bits per heavy atom. The lowest BCUT2D eigenvalue weighted by atomic mass is 10.3. The molecule has 32 heavy (non-hydrogen) atoms. The number of nitrogens with zero attached hydrogens (tertiary/aromatic N) is 6. The molecule has 0 atom stereocenters. The first kappa shape index (κ1) is 22.7. The van der Waals surface area contributed by atoms with Gasteiger partial charge in [0.25, 0.3) is 0 Å². The number of rotatable bonds is 5. The average molecular weight is 465 g/mol. The zero-order valence-electron chi connectivity index (χ0n) is 18.7. The van der Waals surface area contributed by atoms with Gasteiger partial charge in [-0.1, -0.05) is 0 Å². The van der Waals surface area contributed by atoms with E-state index in [4.69, 9.17) is 4.74 Å². The number of methoxy groups -OCH3 is 1. The van der Waals surface area contributed by atoms with E-state index in [9.17, 15) is 12.8 Å². The molecule has 2 aromatic rings. The Labute approximate surface area is 188 Å². The van der Waals surface area contributed by atoms with Crippen molar-refractivity contribution in [3.63, 3.8) is 0 Å². The Morgan fingerprint density at radius 3 is 2.00 bits per heavy atom. The summed E-state index contributed by atoms with van der Waals surface area (Å²) in [6, 6.07) is 5.71. The lowest BCUT2D eigenvalue weighted by Gasteiger charge is -2.36. The van der Waals surface area contributed by atoms with Crippen LogP contribution in [0.4, 0.5) is 16.0 Å². The molecule has 0 radical (unpaired) electrons. The van der Waals surface area contributed by atoms with Gasteiger partial charge in [-0.15, -0.1) is 0 Å². The van der Waals surface area contributed by atoms with Crippen molar-refractivity contribution in [3.8, 4) is 5.75 Å². The number of anilines is 2. The van der Waals surface area contributed by atoms with Crippen LogP contribution in [0.25, 0.3) is 0 Å². The van der Waals surface area contributed by atoms with Gasteiger partial charge >= 0.3 is 0 Å². The third-order valence-electron chi connectivity index (χ3n) is 5.96. The second kappa shape index (κ2) is 9.16. The van der Waals surface area contributed by atoms with E-state index in [1.165, 1.54) is 23.5 Å². The second-order valence-electron chi connectivity index (χ2n) is 8.11. The molecule has 0 spiro atoms. The van der Waals surface area contributed by atoms with Gasteiger partial charge in [0, 0.05) is 58.4 Å². The van der Waals surface area contributed by atoms with E-state index in [0.717, 1.165) is 43.9 Å². The summed E-state index contributed by atoms with van der Waals surface area (Å²) in [4.78, 5) is 15.8. The Hall–Kier alpha value is -2.50. The highest BCUT2D eigenvalue weighted by molar-refractivity contribution is 7.89. The van der Waals surface area contributed by atoms with Crippen molar-refractivity contribution >= 4 is 21.7 Å². The fourth-order valence-corrected chi connectivity index (χ4v) is 5.44. The van der Waals surface area contributed by atoms with Gasteiger partial charge in [0.15, 0.2) is 11.6 Å². The minimum Gasteiger partial charge on any atom is -0.494 e. The standard InChI is InChI=1S/C21H29FN6O3S/c1-16-23-20(26-8-6-25(2)7-9-26)15-21(24-16)27-10-12-28(13-11-27)32(29,30)17-4-5-19(31-3)18(22)14-17/h4-5,14-15H,6-13H2,1-3H3. The lowest BCUT2D eigenvalue weighted by molar-refractivity contribution is 0.312. The normalized spacial score (nSPS) is 18.8. The van der Waals surface area contributed by atoms with Crippen LogP contribution in [0.2, 0.25) is 0 Å². The topological polar surface area (TPSA) is 82.1 Å². The van der Waals surface area contributed by atoms with E-state index in [0.29, 0.717) is 32.0 Å². The predicted octanol–water partition coefficient (Wildman–Crippen LogP) is 1.20. The Bertz CT molecular complexity index is 1070. The van der Waals surface area contributed by atoms with Crippen molar-refractivity contribution < 1.29 is 17.5 Å². The molecule has 2 aliphatic heterocycles. The van der Waals surface area contributed by atoms with Crippen LogP contribution in [0.1, 0.15) is 5.82 Å². The molecule has 0 unspecified atom stereocenters. The summed E-state index contributed by atoms with van der Waals surface area (Å²) in [5.41, 5.74) is 0. The third-order valence-corrected chi connectivity index (χ3v) is 7.86. The summed E-state index contributed by atoms with van der Waals surface area (Å²) >= 11 is 0. The maximum absolute atomic E-state index is 14.0. The van der Waals surface area contributed by atoms with Crippen molar-refractivity contribution in [2.45, 2.75) is 11.8 Å². The first-order valence-corrected chi connectivity index (χ1v) is 12.1. The van der Waals surface area contributed by atoms with Crippen LogP contribution >= 0.6 is 0 Å². The van der Waals surface area contributed by atoms with Gasteiger partial charge in [-0.25, -0.2) is 22.8 Å². The molecule has 3 heterocycles. The van der Waals surface area contributed by atoms with Crippen molar-refractivity contribution in [2.75, 3.05) is 76.3 Å². The minimum atomic E-state index is -3.79. The van der Waals surface area contributed by atoms with E-state index >= 15 is 0 Å². The molecule has 0 N–H and O–H groups in total. The average Bonchev–Trinajstić information content (AvgIpc) is 2.79. The summed E-state index contributed by atoms with van der Waals surface area (Å²) in [6.45, 7) is 7.26. The van der Waals surface area contributed by atoms with Crippen LogP contribution in [0, 0.1) is 12.7 Å². The zero-order valence-corrected chi connectivity index (χ0v) is 19.5. The number of hydrogen-bond donors (Lipinski definition) is 0. The van der Waals surface area contributed by atoms with Crippen LogP contribution in [-0.4, -0.2) is 94.1 Å². The monoisotopic (exact) mass is 464 g/mol. The van der Waals surface area contributed by atoms with E-state index in [1.807, 2.05) is 13.0 Å². The summed E-state index contributed by atoms with van der Waals surface area (Å²) in [5, 5.41) is 0. The molecule has 2 aliphatic rings. The molecule has 0 bridgehead atoms. The number of likely N-dealkylation sites (N-methyl/N-ethyl adjacent to an activating group) is 1. The van der Waals surface area contributed by atoms with Gasteiger partial charge in [0.05, 0.1) is 12.0 Å². The van der Waals surface area contributed by atoms with E-state index < -0.39 is 15.8 Å². The van der Waals surface area contributed by atoms with E-state index in [-0.39, 0.29) is 10.6 Å². The minimum absolute atomic E-state index is 0.0176. The highest BCUT2D eigenvalue weighted by Gasteiger charge is 2.30. The van der Waals surface area contributed by atoms with E-state index in [1.54, 1.807) is 0 Å². The van der Waals surface area contributed by atoms with Crippen molar-refractivity contribution in [2.24, 2.45) is 0 Å². The highest BCUT2D eigenvalue weighted by Crippen LogP contribution is 2.26. The quantitative estimate of drug-likeness (QED) is 0.653. The Balaban J connectivity index is 1.46. The van der Waals surface area contributed by atoms with Gasteiger partial charge in [-0.05, 0) is 32.2 Å². The summed E-state index contributed by atoms with van der Waals surface area (Å²) < 4.78 is 46.3. The molecule has 174 valence electrons. The van der Waals surface area contributed by atoms with Crippen molar-refractivity contribution in [3.05, 3.63) is 35.9 Å². The molecule has 1 aromatic carbocycles. The number of sulfonamides is 1. The zero-order chi connectivity index (χ0) is 22.9. The Morgan fingerprint density at radius 1 is 0.906 bits per heavy atom. The van der Waals surface area contributed by atoms with Crippen LogP contribution in [0.5, 0.6) is 5.75 Å². The summed E-state index contributed by atoms with van der Waals surface area (Å²) in [5.74, 6) is 1.73. The fraction of sp³-hybridized carbons (Fsp3) is 0.524. The number of aryl methyl sites for hydroxylation is 1. The highest BCUT2D eigenvalue weighted by atomic mass is 32.2. The molecule has 2 fully saturated rings. The molecule has 0 aliphatic carbocycles. The molecular weight excluding hydrogens is 435 g/mol.